The van der Waals surface area contributed by atoms with E-state index in [4.69, 9.17) is 16.3 Å². The van der Waals surface area contributed by atoms with Crippen LogP contribution in [0.1, 0.15) is 50.7 Å². The van der Waals surface area contributed by atoms with Crippen LogP contribution in [-0.2, 0) is 0 Å². The average molecular weight is 285 g/mol. The Morgan fingerprint density at radius 3 is 2.58 bits per heavy atom. The predicted molar refractivity (Wildman–Crippen MR) is 75.6 cm³/mol. The quantitative estimate of drug-likeness (QED) is 0.890. The highest BCUT2D eigenvalue weighted by molar-refractivity contribution is 6.32. The molecule has 0 radical (unpaired) electrons. The second-order valence-electron chi connectivity index (χ2n) is 5.44. The number of benzene rings is 1. The topological polar surface area (TPSA) is 49.7 Å². The molecule has 0 amide bonds. The summed E-state index contributed by atoms with van der Waals surface area (Å²) < 4.78 is 5.65. The molecule has 1 atom stereocenters. The predicted octanol–water partition coefficient (Wildman–Crippen LogP) is 3.47. The lowest BCUT2D eigenvalue weighted by molar-refractivity contribution is -0.0338. The van der Waals surface area contributed by atoms with Gasteiger partial charge >= 0.3 is 0 Å². The van der Waals surface area contributed by atoms with E-state index < -0.39 is 11.7 Å². The molecule has 1 aliphatic rings. The Balaban J connectivity index is 1.99. The zero-order valence-electron chi connectivity index (χ0n) is 11.2. The maximum absolute atomic E-state index is 10.4. The van der Waals surface area contributed by atoms with Crippen molar-refractivity contribution in [3.63, 3.8) is 0 Å². The molecule has 2 rings (SSSR count). The van der Waals surface area contributed by atoms with Crippen LogP contribution in [-0.4, -0.2) is 22.4 Å². The molecular formula is C15H21ClO3. The van der Waals surface area contributed by atoms with Crippen molar-refractivity contribution < 1.29 is 14.9 Å². The first kappa shape index (κ1) is 14.6. The fourth-order valence-corrected chi connectivity index (χ4v) is 2.70. The van der Waals surface area contributed by atoms with E-state index in [9.17, 15) is 10.2 Å². The molecule has 19 heavy (non-hydrogen) atoms. The standard InChI is InChI=1S/C15H21ClO3/c1-11(17)12-5-6-14(13(16)9-12)19-10-15(18)7-3-2-4-8-15/h5-6,9,11,17-18H,2-4,7-8,10H2,1H3/t11-/m0/s1. The normalized spacial score (nSPS) is 20.0. The first-order valence-electron chi connectivity index (χ1n) is 6.83. The second-order valence-corrected chi connectivity index (χ2v) is 5.85. The van der Waals surface area contributed by atoms with Gasteiger partial charge in [0.2, 0.25) is 0 Å². The molecule has 1 aromatic carbocycles. The third-order valence-corrected chi connectivity index (χ3v) is 4.01. The fourth-order valence-electron chi connectivity index (χ4n) is 2.46. The van der Waals surface area contributed by atoms with Crippen LogP contribution < -0.4 is 4.74 Å². The van der Waals surface area contributed by atoms with Gasteiger partial charge in [0.25, 0.3) is 0 Å². The Kier molecular flexibility index (Phi) is 4.71. The number of ether oxygens (including phenoxy) is 1. The SMILES string of the molecule is C[C@H](O)c1ccc(OCC2(O)CCCCC2)c(Cl)c1. The smallest absolute Gasteiger partial charge is 0.138 e. The Hall–Kier alpha value is -0.770. The number of rotatable bonds is 4. The van der Waals surface area contributed by atoms with Gasteiger partial charge in [-0.2, -0.15) is 0 Å². The van der Waals surface area contributed by atoms with Crippen LogP contribution in [0.3, 0.4) is 0 Å². The summed E-state index contributed by atoms with van der Waals surface area (Å²) in [6.07, 6.45) is 4.32. The molecule has 1 aromatic rings. The van der Waals surface area contributed by atoms with Crippen LogP contribution in [0, 0.1) is 0 Å². The first-order valence-corrected chi connectivity index (χ1v) is 7.21. The number of aliphatic hydroxyl groups is 2. The van der Waals surface area contributed by atoms with E-state index in [1.165, 1.54) is 6.42 Å². The number of hydrogen-bond acceptors (Lipinski definition) is 3. The van der Waals surface area contributed by atoms with E-state index in [2.05, 4.69) is 0 Å². The molecule has 1 aliphatic carbocycles. The van der Waals surface area contributed by atoms with Gasteiger partial charge in [0, 0.05) is 0 Å². The molecule has 106 valence electrons. The van der Waals surface area contributed by atoms with Crippen molar-refractivity contribution in [1.82, 2.24) is 0 Å². The minimum absolute atomic E-state index is 0.279. The van der Waals surface area contributed by atoms with Crippen molar-refractivity contribution in [2.24, 2.45) is 0 Å². The van der Waals surface area contributed by atoms with E-state index >= 15 is 0 Å². The molecule has 4 heteroatoms. The van der Waals surface area contributed by atoms with Gasteiger partial charge in [0.1, 0.15) is 12.4 Å². The van der Waals surface area contributed by atoms with Gasteiger partial charge < -0.3 is 14.9 Å². The van der Waals surface area contributed by atoms with Crippen molar-refractivity contribution >= 4 is 11.6 Å². The van der Waals surface area contributed by atoms with Gasteiger partial charge in [-0.25, -0.2) is 0 Å². The number of halogens is 1. The summed E-state index contributed by atoms with van der Waals surface area (Å²) in [4.78, 5) is 0. The highest BCUT2D eigenvalue weighted by Crippen LogP contribution is 2.32. The number of aliphatic hydroxyl groups excluding tert-OH is 1. The maximum Gasteiger partial charge on any atom is 0.138 e. The minimum Gasteiger partial charge on any atom is -0.489 e. The van der Waals surface area contributed by atoms with Gasteiger partial charge in [0.15, 0.2) is 0 Å². The minimum atomic E-state index is -0.718. The van der Waals surface area contributed by atoms with Gasteiger partial charge in [-0.3, -0.25) is 0 Å². The van der Waals surface area contributed by atoms with Crippen molar-refractivity contribution in [3.05, 3.63) is 28.8 Å². The van der Waals surface area contributed by atoms with Crippen LogP contribution >= 0.6 is 11.6 Å². The molecule has 0 aromatic heterocycles. The lowest BCUT2D eigenvalue weighted by Gasteiger charge is -2.31. The molecule has 1 fully saturated rings. The third-order valence-electron chi connectivity index (χ3n) is 3.72. The summed E-state index contributed by atoms with van der Waals surface area (Å²) in [5.41, 5.74) is 0.0403. The fraction of sp³-hybridized carbons (Fsp3) is 0.600. The van der Waals surface area contributed by atoms with E-state index in [0.717, 1.165) is 31.2 Å². The summed E-state index contributed by atoms with van der Waals surface area (Å²) in [5.74, 6) is 0.560. The molecular weight excluding hydrogens is 264 g/mol. The Bertz CT molecular complexity index is 425. The first-order chi connectivity index (χ1) is 9.00. The molecule has 0 aliphatic heterocycles. The van der Waals surface area contributed by atoms with Gasteiger partial charge in [-0.05, 0) is 37.5 Å². The van der Waals surface area contributed by atoms with E-state index in [-0.39, 0.29) is 6.61 Å². The monoisotopic (exact) mass is 284 g/mol. The van der Waals surface area contributed by atoms with Crippen molar-refractivity contribution in [2.45, 2.75) is 50.7 Å². The lowest BCUT2D eigenvalue weighted by atomic mass is 9.85. The van der Waals surface area contributed by atoms with E-state index in [0.29, 0.717) is 10.8 Å². The lowest BCUT2D eigenvalue weighted by Crippen LogP contribution is -2.37. The summed E-state index contributed by atoms with van der Waals surface area (Å²) in [7, 11) is 0. The highest BCUT2D eigenvalue weighted by Gasteiger charge is 2.30. The molecule has 2 N–H and O–H groups in total. The van der Waals surface area contributed by atoms with E-state index in [1.54, 1.807) is 25.1 Å². The summed E-state index contributed by atoms with van der Waals surface area (Å²) in [6, 6.07) is 5.24. The Labute approximate surface area is 119 Å². The Morgan fingerprint density at radius 2 is 2.00 bits per heavy atom. The van der Waals surface area contributed by atoms with Gasteiger partial charge in [-0.15, -0.1) is 0 Å². The molecule has 0 bridgehead atoms. The van der Waals surface area contributed by atoms with Crippen LogP contribution in [0.15, 0.2) is 18.2 Å². The summed E-state index contributed by atoms with van der Waals surface area (Å²) >= 11 is 6.12. The molecule has 0 heterocycles. The third kappa shape index (κ3) is 3.85. The largest absolute Gasteiger partial charge is 0.489 e. The maximum atomic E-state index is 10.4. The zero-order valence-corrected chi connectivity index (χ0v) is 12.0. The average Bonchev–Trinajstić information content (AvgIpc) is 2.38. The summed E-state index contributed by atoms with van der Waals surface area (Å²) in [5, 5.41) is 20.3. The molecule has 0 unspecified atom stereocenters. The van der Waals surface area contributed by atoms with Crippen molar-refractivity contribution in [3.8, 4) is 5.75 Å². The Morgan fingerprint density at radius 1 is 1.32 bits per heavy atom. The van der Waals surface area contributed by atoms with Gasteiger partial charge in [0.05, 0.1) is 16.7 Å². The second kappa shape index (κ2) is 6.12. The van der Waals surface area contributed by atoms with Crippen LogP contribution in [0.2, 0.25) is 5.02 Å². The molecule has 0 saturated heterocycles. The van der Waals surface area contributed by atoms with Crippen LogP contribution in [0.25, 0.3) is 0 Å². The van der Waals surface area contributed by atoms with Crippen molar-refractivity contribution in [2.75, 3.05) is 6.61 Å². The molecule has 1 saturated carbocycles. The molecule has 0 spiro atoms. The summed E-state index contributed by atoms with van der Waals surface area (Å²) in [6.45, 7) is 1.97. The van der Waals surface area contributed by atoms with Crippen LogP contribution in [0.5, 0.6) is 5.75 Å². The zero-order chi connectivity index (χ0) is 13.9. The number of hydrogen-bond donors (Lipinski definition) is 2. The highest BCUT2D eigenvalue weighted by atomic mass is 35.5. The van der Waals surface area contributed by atoms with Gasteiger partial charge in [-0.1, -0.05) is 36.9 Å². The van der Waals surface area contributed by atoms with Crippen molar-refractivity contribution in [1.29, 1.82) is 0 Å². The van der Waals surface area contributed by atoms with Crippen LogP contribution in [0.4, 0.5) is 0 Å². The van der Waals surface area contributed by atoms with E-state index in [1.807, 2.05) is 0 Å². The molecule has 3 nitrogen and oxygen atoms in total.